The van der Waals surface area contributed by atoms with Gasteiger partial charge in [0.15, 0.2) is 9.84 Å². The van der Waals surface area contributed by atoms with Crippen molar-refractivity contribution in [3.63, 3.8) is 0 Å². The van der Waals surface area contributed by atoms with Crippen LogP contribution in [-0.2, 0) is 19.3 Å². The highest BCUT2D eigenvalue weighted by molar-refractivity contribution is 7.90. The molecule has 5 heteroatoms. The third kappa shape index (κ3) is 3.47. The molecule has 1 heterocycles. The van der Waals surface area contributed by atoms with E-state index in [2.05, 4.69) is 0 Å². The van der Waals surface area contributed by atoms with E-state index in [1.54, 1.807) is 12.1 Å². The standard InChI is InChI=1S/C16H22O4S/c1-11(2)20-14-10-19-16(3,4)15(14)12-6-8-13(9-7-12)21(5,17)18/h6-9,11H,10H2,1-5H3. The lowest BCUT2D eigenvalue weighted by molar-refractivity contribution is 0.0383. The van der Waals surface area contributed by atoms with Gasteiger partial charge in [-0.2, -0.15) is 0 Å². The van der Waals surface area contributed by atoms with Gasteiger partial charge < -0.3 is 9.47 Å². The summed E-state index contributed by atoms with van der Waals surface area (Å²) in [5.74, 6) is 0.821. The second-order valence-corrected chi connectivity index (χ2v) is 8.08. The average Bonchev–Trinajstić information content (AvgIpc) is 2.63. The molecule has 4 nitrogen and oxygen atoms in total. The van der Waals surface area contributed by atoms with Crippen LogP contribution in [-0.4, -0.2) is 33.0 Å². The Bertz CT molecular complexity index is 652. The summed E-state index contributed by atoms with van der Waals surface area (Å²) < 4.78 is 34.7. The van der Waals surface area contributed by atoms with Gasteiger partial charge in [-0.25, -0.2) is 8.42 Å². The molecule has 1 aromatic carbocycles. The van der Waals surface area contributed by atoms with E-state index in [0.29, 0.717) is 11.5 Å². The number of ether oxygens (including phenoxy) is 2. The summed E-state index contributed by atoms with van der Waals surface area (Å²) >= 11 is 0. The van der Waals surface area contributed by atoms with Crippen molar-refractivity contribution in [3.8, 4) is 0 Å². The first-order valence-electron chi connectivity index (χ1n) is 6.96. The zero-order chi connectivity index (χ0) is 15.8. The zero-order valence-corrected chi connectivity index (χ0v) is 14.0. The number of sulfone groups is 1. The van der Waals surface area contributed by atoms with Crippen molar-refractivity contribution >= 4 is 15.4 Å². The minimum atomic E-state index is -3.18. The molecule has 1 aliphatic heterocycles. The first-order chi connectivity index (χ1) is 9.61. The lowest BCUT2D eigenvalue weighted by atomic mass is 9.92. The molecule has 0 saturated heterocycles. The molecular formula is C16H22O4S. The van der Waals surface area contributed by atoms with Crippen LogP contribution in [0, 0.1) is 0 Å². The smallest absolute Gasteiger partial charge is 0.175 e. The molecule has 1 aromatic rings. The van der Waals surface area contributed by atoms with E-state index in [4.69, 9.17) is 9.47 Å². The van der Waals surface area contributed by atoms with E-state index in [0.717, 1.165) is 16.9 Å². The molecule has 0 N–H and O–H groups in total. The van der Waals surface area contributed by atoms with Gasteiger partial charge in [0.05, 0.1) is 16.6 Å². The van der Waals surface area contributed by atoms with Crippen molar-refractivity contribution in [2.24, 2.45) is 0 Å². The SMILES string of the molecule is CC(C)OC1=C(c2ccc(S(C)(=O)=O)cc2)C(C)(C)OC1. The summed E-state index contributed by atoms with van der Waals surface area (Å²) in [6, 6.07) is 6.87. The van der Waals surface area contributed by atoms with Gasteiger partial charge in [0, 0.05) is 11.8 Å². The molecule has 0 aromatic heterocycles. The average molecular weight is 310 g/mol. The molecule has 2 rings (SSSR count). The largest absolute Gasteiger partial charge is 0.492 e. The Morgan fingerprint density at radius 1 is 1.19 bits per heavy atom. The van der Waals surface area contributed by atoms with Gasteiger partial charge in [-0.05, 0) is 45.4 Å². The predicted octanol–water partition coefficient (Wildman–Crippen LogP) is 3.04. The maximum atomic E-state index is 11.5. The molecular weight excluding hydrogens is 288 g/mol. The Balaban J connectivity index is 2.46. The topological polar surface area (TPSA) is 52.6 Å². The van der Waals surface area contributed by atoms with Gasteiger partial charge in [0.25, 0.3) is 0 Å². The summed E-state index contributed by atoms with van der Waals surface area (Å²) in [5, 5.41) is 0. The van der Waals surface area contributed by atoms with E-state index in [9.17, 15) is 8.42 Å². The minimum absolute atomic E-state index is 0.0720. The number of rotatable bonds is 4. The maximum Gasteiger partial charge on any atom is 0.175 e. The van der Waals surface area contributed by atoms with Gasteiger partial charge in [-0.1, -0.05) is 12.1 Å². The van der Waals surface area contributed by atoms with Gasteiger partial charge in [0.1, 0.15) is 12.4 Å². The fraction of sp³-hybridized carbons (Fsp3) is 0.500. The molecule has 0 radical (unpaired) electrons. The maximum absolute atomic E-state index is 11.5. The summed E-state index contributed by atoms with van der Waals surface area (Å²) in [6.07, 6.45) is 1.28. The minimum Gasteiger partial charge on any atom is -0.492 e. The Hall–Kier alpha value is -1.33. The molecule has 0 spiro atoms. The van der Waals surface area contributed by atoms with Gasteiger partial charge in [-0.3, -0.25) is 0 Å². The lowest BCUT2D eigenvalue weighted by Crippen LogP contribution is -2.21. The fourth-order valence-corrected chi connectivity index (χ4v) is 3.11. The van der Waals surface area contributed by atoms with Crippen LogP contribution in [0.2, 0.25) is 0 Å². The Labute approximate surface area is 126 Å². The van der Waals surface area contributed by atoms with Crippen molar-refractivity contribution in [1.29, 1.82) is 0 Å². The highest BCUT2D eigenvalue weighted by atomic mass is 32.2. The number of hydrogen-bond acceptors (Lipinski definition) is 4. The predicted molar refractivity (Wildman–Crippen MR) is 82.7 cm³/mol. The number of hydrogen-bond donors (Lipinski definition) is 0. The second-order valence-electron chi connectivity index (χ2n) is 6.06. The molecule has 1 aliphatic rings. The van der Waals surface area contributed by atoms with Crippen LogP contribution in [0.25, 0.3) is 5.57 Å². The van der Waals surface area contributed by atoms with Crippen LogP contribution >= 0.6 is 0 Å². The molecule has 0 saturated carbocycles. The summed E-state index contributed by atoms with van der Waals surface area (Å²) in [6.45, 7) is 8.37. The molecule has 116 valence electrons. The van der Waals surface area contributed by atoms with Crippen LogP contribution in [0.5, 0.6) is 0 Å². The highest BCUT2D eigenvalue weighted by Crippen LogP contribution is 2.39. The van der Waals surface area contributed by atoms with Crippen molar-refractivity contribution in [2.45, 2.75) is 44.3 Å². The summed E-state index contributed by atoms with van der Waals surface area (Å²) in [5.41, 5.74) is 1.47. The number of benzene rings is 1. The summed E-state index contributed by atoms with van der Waals surface area (Å²) in [7, 11) is -3.18. The third-order valence-corrected chi connectivity index (χ3v) is 4.52. The molecule has 0 aliphatic carbocycles. The second kappa shape index (κ2) is 5.46. The fourth-order valence-electron chi connectivity index (χ4n) is 2.48. The third-order valence-electron chi connectivity index (χ3n) is 3.39. The van der Waals surface area contributed by atoms with Gasteiger partial charge >= 0.3 is 0 Å². The van der Waals surface area contributed by atoms with E-state index < -0.39 is 15.4 Å². The normalized spacial score (nSPS) is 18.4. The van der Waals surface area contributed by atoms with Crippen molar-refractivity contribution in [2.75, 3.05) is 12.9 Å². The van der Waals surface area contributed by atoms with Crippen LogP contribution in [0.15, 0.2) is 34.9 Å². The monoisotopic (exact) mass is 310 g/mol. The van der Waals surface area contributed by atoms with E-state index >= 15 is 0 Å². The first-order valence-corrected chi connectivity index (χ1v) is 8.85. The molecule has 0 bridgehead atoms. The zero-order valence-electron chi connectivity index (χ0n) is 13.1. The Morgan fingerprint density at radius 2 is 1.76 bits per heavy atom. The first kappa shape index (κ1) is 16.0. The highest BCUT2D eigenvalue weighted by Gasteiger charge is 2.36. The Kier molecular flexibility index (Phi) is 4.17. The molecule has 0 fully saturated rings. The summed E-state index contributed by atoms with van der Waals surface area (Å²) in [4.78, 5) is 0.315. The molecule has 0 atom stereocenters. The van der Waals surface area contributed by atoms with Crippen LogP contribution in [0.4, 0.5) is 0 Å². The van der Waals surface area contributed by atoms with E-state index in [1.165, 1.54) is 6.26 Å². The Morgan fingerprint density at radius 3 is 2.24 bits per heavy atom. The van der Waals surface area contributed by atoms with E-state index in [1.807, 2.05) is 39.8 Å². The van der Waals surface area contributed by atoms with Gasteiger partial charge in [0.2, 0.25) is 0 Å². The van der Waals surface area contributed by atoms with Crippen LogP contribution in [0.1, 0.15) is 33.3 Å². The molecule has 0 amide bonds. The van der Waals surface area contributed by atoms with Crippen molar-refractivity contribution < 1.29 is 17.9 Å². The van der Waals surface area contributed by atoms with Crippen molar-refractivity contribution in [1.82, 2.24) is 0 Å². The molecule has 0 unspecified atom stereocenters. The van der Waals surface area contributed by atoms with Crippen LogP contribution in [0.3, 0.4) is 0 Å². The van der Waals surface area contributed by atoms with Crippen LogP contribution < -0.4 is 0 Å². The lowest BCUT2D eigenvalue weighted by Gasteiger charge is -2.22. The van der Waals surface area contributed by atoms with E-state index in [-0.39, 0.29) is 6.10 Å². The van der Waals surface area contributed by atoms with Crippen molar-refractivity contribution in [3.05, 3.63) is 35.6 Å². The van der Waals surface area contributed by atoms with Gasteiger partial charge in [-0.15, -0.1) is 0 Å². The molecule has 21 heavy (non-hydrogen) atoms. The quantitative estimate of drug-likeness (QED) is 0.858.